The average Bonchev–Trinajstić information content (AvgIpc) is 1.64. The standard InChI is InChI=1S/C3H5N5.Na/c4-2-6-1-7-3(5)8-2;/h1H,(H4,4,5,6,7,8);. The molecule has 0 aliphatic heterocycles. The Hall–Kier alpha value is -0.390. The molecule has 43 valence electrons. The van der Waals surface area contributed by atoms with Crippen molar-refractivity contribution in [3.8, 4) is 0 Å². The zero-order valence-electron chi connectivity index (χ0n) is 5.07. The summed E-state index contributed by atoms with van der Waals surface area (Å²) in [5, 5.41) is 0. The van der Waals surface area contributed by atoms with Crippen LogP contribution in [0.4, 0.5) is 11.9 Å². The molecule has 0 aromatic carbocycles. The van der Waals surface area contributed by atoms with Crippen molar-refractivity contribution in [3.05, 3.63) is 6.33 Å². The second-order valence-electron chi connectivity index (χ2n) is 1.20. The summed E-state index contributed by atoms with van der Waals surface area (Å²) in [6, 6.07) is 0. The molecule has 9 heavy (non-hydrogen) atoms. The largest absolute Gasteiger partial charge is 0.368 e. The Morgan fingerprint density at radius 3 is 1.78 bits per heavy atom. The van der Waals surface area contributed by atoms with Gasteiger partial charge in [0.25, 0.3) is 0 Å². The van der Waals surface area contributed by atoms with Crippen LogP contribution in [0.15, 0.2) is 6.33 Å². The fraction of sp³-hybridized carbons (Fsp3) is 0. The summed E-state index contributed by atoms with van der Waals surface area (Å²) < 4.78 is 0. The van der Waals surface area contributed by atoms with Crippen molar-refractivity contribution < 1.29 is 0 Å². The average molecular weight is 134 g/mol. The van der Waals surface area contributed by atoms with Crippen LogP contribution >= 0.6 is 0 Å². The van der Waals surface area contributed by atoms with Crippen LogP contribution in [0.1, 0.15) is 0 Å². The summed E-state index contributed by atoms with van der Waals surface area (Å²) in [6.45, 7) is 0. The van der Waals surface area contributed by atoms with E-state index in [0.29, 0.717) is 0 Å². The van der Waals surface area contributed by atoms with Crippen LogP contribution in [0, 0.1) is 0 Å². The molecule has 0 spiro atoms. The molecular weight excluding hydrogens is 129 g/mol. The molecule has 0 amide bonds. The molecule has 1 heterocycles. The zero-order chi connectivity index (χ0) is 5.98. The van der Waals surface area contributed by atoms with E-state index in [1.54, 1.807) is 0 Å². The molecule has 1 aromatic heterocycles. The first-order chi connectivity index (χ1) is 3.79. The van der Waals surface area contributed by atoms with Gasteiger partial charge in [0.1, 0.15) is 6.33 Å². The SMILES string of the molecule is Nc1ncnc(N)n1.[Na]. The molecule has 4 N–H and O–H groups in total. The third-order valence-corrected chi connectivity index (χ3v) is 0.609. The minimum atomic E-state index is 0. The van der Waals surface area contributed by atoms with Gasteiger partial charge in [0, 0.05) is 29.6 Å². The van der Waals surface area contributed by atoms with Gasteiger partial charge >= 0.3 is 0 Å². The number of anilines is 2. The minimum absolute atomic E-state index is 0. The van der Waals surface area contributed by atoms with Crippen molar-refractivity contribution in [2.75, 3.05) is 11.5 Å². The van der Waals surface area contributed by atoms with E-state index in [0.717, 1.165) is 0 Å². The van der Waals surface area contributed by atoms with Crippen molar-refractivity contribution >= 4 is 41.5 Å². The molecule has 1 rings (SSSR count). The molecule has 5 nitrogen and oxygen atoms in total. The molecule has 6 heteroatoms. The smallest absolute Gasteiger partial charge is 0.224 e. The molecule has 1 radical (unpaired) electrons. The Balaban J connectivity index is 0.000000640. The summed E-state index contributed by atoms with van der Waals surface area (Å²) in [5.74, 6) is 0.301. The number of nitrogen functional groups attached to an aromatic ring is 2. The first-order valence-electron chi connectivity index (χ1n) is 1.99. The maximum absolute atomic E-state index is 5.12. The summed E-state index contributed by atoms with van der Waals surface area (Å²) in [6.07, 6.45) is 1.26. The van der Waals surface area contributed by atoms with Crippen LogP contribution in [0.3, 0.4) is 0 Å². The van der Waals surface area contributed by atoms with Crippen LogP contribution in [-0.2, 0) is 0 Å². The van der Waals surface area contributed by atoms with Gasteiger partial charge in [0.2, 0.25) is 11.9 Å². The minimum Gasteiger partial charge on any atom is -0.368 e. The van der Waals surface area contributed by atoms with Crippen molar-refractivity contribution in [1.82, 2.24) is 15.0 Å². The predicted molar refractivity (Wildman–Crippen MR) is 34.4 cm³/mol. The fourth-order valence-electron chi connectivity index (χ4n) is 0.322. The summed E-state index contributed by atoms with van der Waals surface area (Å²) in [7, 11) is 0. The number of aromatic nitrogens is 3. The Labute approximate surface area is 74.2 Å². The molecule has 0 unspecified atom stereocenters. The van der Waals surface area contributed by atoms with E-state index in [4.69, 9.17) is 11.5 Å². The molecule has 0 bridgehead atoms. The second-order valence-corrected chi connectivity index (χ2v) is 1.20. The molecule has 0 fully saturated rings. The summed E-state index contributed by atoms with van der Waals surface area (Å²) in [5.41, 5.74) is 10.2. The number of nitrogens with two attached hydrogens (primary N) is 2. The van der Waals surface area contributed by atoms with Crippen molar-refractivity contribution in [2.45, 2.75) is 0 Å². The van der Waals surface area contributed by atoms with Gasteiger partial charge < -0.3 is 11.5 Å². The Morgan fingerprint density at radius 1 is 1.11 bits per heavy atom. The Morgan fingerprint density at radius 2 is 1.56 bits per heavy atom. The maximum Gasteiger partial charge on any atom is 0.224 e. The molecule has 0 saturated carbocycles. The van der Waals surface area contributed by atoms with Gasteiger partial charge in [0.15, 0.2) is 0 Å². The molecule has 0 atom stereocenters. The number of rotatable bonds is 0. The maximum atomic E-state index is 5.12. The van der Waals surface area contributed by atoms with Gasteiger partial charge in [-0.2, -0.15) is 4.98 Å². The third kappa shape index (κ3) is 2.59. The van der Waals surface area contributed by atoms with Crippen LogP contribution < -0.4 is 11.5 Å². The van der Waals surface area contributed by atoms with Gasteiger partial charge in [-0.15, -0.1) is 0 Å². The van der Waals surface area contributed by atoms with Crippen LogP contribution in [0.5, 0.6) is 0 Å². The van der Waals surface area contributed by atoms with E-state index in [-0.39, 0.29) is 41.5 Å². The number of hydrogen-bond acceptors (Lipinski definition) is 5. The molecule has 0 aliphatic rings. The van der Waals surface area contributed by atoms with Crippen LogP contribution in [0.25, 0.3) is 0 Å². The quantitative estimate of drug-likeness (QED) is 0.428. The molecule has 0 saturated heterocycles. The van der Waals surface area contributed by atoms with Gasteiger partial charge in [0.05, 0.1) is 0 Å². The predicted octanol–water partition coefficient (Wildman–Crippen LogP) is -1.34. The first-order valence-corrected chi connectivity index (χ1v) is 1.99. The van der Waals surface area contributed by atoms with Crippen molar-refractivity contribution in [2.24, 2.45) is 0 Å². The number of hydrogen-bond donors (Lipinski definition) is 2. The molecular formula is C3H5N5Na. The van der Waals surface area contributed by atoms with Gasteiger partial charge in [-0.1, -0.05) is 0 Å². The summed E-state index contributed by atoms with van der Waals surface area (Å²) in [4.78, 5) is 10.5. The fourth-order valence-corrected chi connectivity index (χ4v) is 0.322. The van der Waals surface area contributed by atoms with E-state index in [2.05, 4.69) is 15.0 Å². The Kier molecular flexibility index (Phi) is 3.44. The van der Waals surface area contributed by atoms with Crippen molar-refractivity contribution in [3.63, 3.8) is 0 Å². The van der Waals surface area contributed by atoms with Gasteiger partial charge in [-0.3, -0.25) is 0 Å². The summed E-state index contributed by atoms with van der Waals surface area (Å²) >= 11 is 0. The topological polar surface area (TPSA) is 90.7 Å². The van der Waals surface area contributed by atoms with E-state index in [1.165, 1.54) is 6.33 Å². The molecule has 1 aromatic rings. The number of nitrogens with zero attached hydrogens (tertiary/aromatic N) is 3. The monoisotopic (exact) mass is 134 g/mol. The van der Waals surface area contributed by atoms with Gasteiger partial charge in [-0.25, -0.2) is 9.97 Å². The Bertz CT molecular complexity index is 172. The van der Waals surface area contributed by atoms with Gasteiger partial charge in [-0.05, 0) is 0 Å². The first kappa shape index (κ1) is 8.61. The normalized spacial score (nSPS) is 8.00. The van der Waals surface area contributed by atoms with Crippen LogP contribution in [0.2, 0.25) is 0 Å². The molecule has 0 aliphatic carbocycles. The van der Waals surface area contributed by atoms with Crippen LogP contribution in [-0.4, -0.2) is 44.5 Å². The van der Waals surface area contributed by atoms with E-state index in [1.807, 2.05) is 0 Å². The van der Waals surface area contributed by atoms with E-state index < -0.39 is 0 Å². The van der Waals surface area contributed by atoms with Crippen molar-refractivity contribution in [1.29, 1.82) is 0 Å². The second kappa shape index (κ2) is 3.60. The van der Waals surface area contributed by atoms with E-state index >= 15 is 0 Å². The zero-order valence-corrected chi connectivity index (χ0v) is 7.07. The van der Waals surface area contributed by atoms with E-state index in [9.17, 15) is 0 Å². The third-order valence-electron chi connectivity index (χ3n) is 0.609.